The van der Waals surface area contributed by atoms with Crippen molar-refractivity contribution in [3.05, 3.63) is 54.1 Å². The molecule has 0 aliphatic carbocycles. The molecule has 0 saturated carbocycles. The Morgan fingerprint density at radius 3 is 2.62 bits per heavy atom. The lowest BCUT2D eigenvalue weighted by Gasteiger charge is -1.98. The molecule has 21 heavy (non-hydrogen) atoms. The van der Waals surface area contributed by atoms with Crippen molar-refractivity contribution in [2.45, 2.75) is 0 Å². The van der Waals surface area contributed by atoms with Crippen LogP contribution in [0.25, 0.3) is 31.6 Å². The van der Waals surface area contributed by atoms with Gasteiger partial charge < -0.3 is 5.73 Å². The number of hydrogen-bond donors (Lipinski definition) is 2. The number of benzene rings is 2. The minimum atomic E-state index is -0.421. The van der Waals surface area contributed by atoms with Crippen LogP contribution < -0.4 is 5.73 Å². The van der Waals surface area contributed by atoms with Crippen molar-refractivity contribution in [3.63, 3.8) is 0 Å². The molecule has 0 atom stereocenters. The lowest BCUT2D eigenvalue weighted by atomic mass is 10.1. The Bertz CT molecular complexity index is 966. The van der Waals surface area contributed by atoms with E-state index in [1.165, 1.54) is 10.1 Å². The molecule has 4 nitrogen and oxygen atoms in total. The largest absolute Gasteiger partial charge is 0.366 e. The zero-order valence-electron chi connectivity index (χ0n) is 11.0. The zero-order valence-corrected chi connectivity index (χ0v) is 11.8. The molecule has 0 fully saturated rings. The van der Waals surface area contributed by atoms with Gasteiger partial charge in [-0.3, -0.25) is 9.89 Å². The highest BCUT2D eigenvalue weighted by atomic mass is 32.1. The molecule has 1 amide bonds. The lowest BCUT2D eigenvalue weighted by molar-refractivity contribution is 0.100. The topological polar surface area (TPSA) is 71.8 Å². The normalized spacial score (nSPS) is 11.2. The molecule has 0 bridgehead atoms. The van der Waals surface area contributed by atoms with Gasteiger partial charge in [0.1, 0.15) is 5.69 Å². The first-order valence-corrected chi connectivity index (χ1v) is 7.31. The number of aromatic amines is 1. The highest BCUT2D eigenvalue weighted by molar-refractivity contribution is 7.26. The fraction of sp³-hybridized carbons (Fsp3) is 0. The van der Waals surface area contributed by atoms with Crippen LogP contribution in [0.2, 0.25) is 0 Å². The Hall–Kier alpha value is -2.66. The number of thiophene rings is 1. The summed E-state index contributed by atoms with van der Waals surface area (Å²) < 4.78 is 2.36. The third-order valence-electron chi connectivity index (χ3n) is 3.53. The number of carbonyl (C=O) groups is 1. The molecule has 4 rings (SSSR count). The second-order valence-electron chi connectivity index (χ2n) is 4.82. The number of nitrogens with two attached hydrogens (primary N) is 1. The second kappa shape index (κ2) is 4.43. The van der Waals surface area contributed by atoms with Gasteiger partial charge in [-0.1, -0.05) is 30.3 Å². The standard InChI is InChI=1S/C16H11N3OS/c17-16(20)10-7-5-9(6-8-10)13-15-14(19-18-13)11-3-1-2-4-12(11)21-15/h1-8H,(H2,17,20)(H,18,19). The van der Waals surface area contributed by atoms with Crippen molar-refractivity contribution in [1.29, 1.82) is 0 Å². The molecular weight excluding hydrogens is 282 g/mol. The molecule has 0 aliphatic heterocycles. The van der Waals surface area contributed by atoms with Gasteiger partial charge in [0, 0.05) is 21.2 Å². The maximum absolute atomic E-state index is 11.1. The first-order chi connectivity index (χ1) is 10.2. The molecule has 0 unspecified atom stereocenters. The molecular formula is C16H11N3OS. The number of carbonyl (C=O) groups excluding carboxylic acids is 1. The number of H-pyrrole nitrogens is 1. The van der Waals surface area contributed by atoms with Gasteiger partial charge in [-0.15, -0.1) is 11.3 Å². The first kappa shape index (κ1) is 12.1. The summed E-state index contributed by atoms with van der Waals surface area (Å²) in [6.07, 6.45) is 0. The molecule has 102 valence electrons. The van der Waals surface area contributed by atoms with Gasteiger partial charge in [0.05, 0.1) is 10.2 Å². The number of nitrogens with one attached hydrogen (secondary N) is 1. The van der Waals surface area contributed by atoms with Crippen molar-refractivity contribution < 1.29 is 4.79 Å². The van der Waals surface area contributed by atoms with Gasteiger partial charge >= 0.3 is 0 Å². The van der Waals surface area contributed by atoms with E-state index >= 15 is 0 Å². The highest BCUT2D eigenvalue weighted by Crippen LogP contribution is 2.38. The fourth-order valence-electron chi connectivity index (χ4n) is 2.47. The lowest BCUT2D eigenvalue weighted by Crippen LogP contribution is -2.10. The summed E-state index contributed by atoms with van der Waals surface area (Å²) >= 11 is 1.71. The summed E-state index contributed by atoms with van der Waals surface area (Å²) in [5.74, 6) is -0.421. The predicted molar refractivity (Wildman–Crippen MR) is 85.4 cm³/mol. The molecule has 3 N–H and O–H groups in total. The predicted octanol–water partition coefficient (Wildman–Crippen LogP) is 3.54. The monoisotopic (exact) mass is 293 g/mol. The minimum Gasteiger partial charge on any atom is -0.366 e. The maximum atomic E-state index is 11.1. The molecule has 0 aliphatic rings. The smallest absolute Gasteiger partial charge is 0.248 e. The van der Waals surface area contributed by atoms with Gasteiger partial charge in [-0.05, 0) is 18.2 Å². The van der Waals surface area contributed by atoms with Crippen LogP contribution in [0.15, 0.2) is 48.5 Å². The summed E-state index contributed by atoms with van der Waals surface area (Å²) in [4.78, 5) is 11.1. The van der Waals surface area contributed by atoms with E-state index in [0.717, 1.165) is 21.5 Å². The molecule has 4 aromatic rings. The Kier molecular flexibility index (Phi) is 2.55. The number of primary amides is 1. The van der Waals surface area contributed by atoms with Crippen LogP contribution in [-0.4, -0.2) is 16.1 Å². The van der Waals surface area contributed by atoms with E-state index in [1.807, 2.05) is 24.3 Å². The van der Waals surface area contributed by atoms with E-state index in [2.05, 4.69) is 22.3 Å². The third kappa shape index (κ3) is 1.82. The average molecular weight is 293 g/mol. The van der Waals surface area contributed by atoms with E-state index in [4.69, 9.17) is 5.73 Å². The van der Waals surface area contributed by atoms with Gasteiger partial charge in [0.25, 0.3) is 0 Å². The molecule has 2 heterocycles. The summed E-state index contributed by atoms with van der Waals surface area (Å²) in [6, 6.07) is 15.5. The van der Waals surface area contributed by atoms with Crippen LogP contribution in [0, 0.1) is 0 Å². The van der Waals surface area contributed by atoms with Crippen molar-refractivity contribution >= 4 is 37.5 Å². The molecule has 0 radical (unpaired) electrons. The van der Waals surface area contributed by atoms with Crippen molar-refractivity contribution in [2.75, 3.05) is 0 Å². The number of rotatable bonds is 2. The summed E-state index contributed by atoms with van der Waals surface area (Å²) in [6.45, 7) is 0. The van der Waals surface area contributed by atoms with Crippen molar-refractivity contribution in [3.8, 4) is 11.3 Å². The van der Waals surface area contributed by atoms with Gasteiger partial charge in [-0.25, -0.2) is 0 Å². The average Bonchev–Trinajstić information content (AvgIpc) is 3.06. The Balaban J connectivity index is 1.91. The van der Waals surface area contributed by atoms with Crippen LogP contribution in [0.5, 0.6) is 0 Å². The number of fused-ring (bicyclic) bond motifs is 3. The maximum Gasteiger partial charge on any atom is 0.248 e. The van der Waals surface area contributed by atoms with Crippen molar-refractivity contribution in [2.24, 2.45) is 5.73 Å². The van der Waals surface area contributed by atoms with E-state index in [1.54, 1.807) is 23.5 Å². The van der Waals surface area contributed by atoms with Gasteiger partial charge in [0.2, 0.25) is 5.91 Å². The van der Waals surface area contributed by atoms with E-state index in [9.17, 15) is 4.79 Å². The van der Waals surface area contributed by atoms with Crippen LogP contribution in [-0.2, 0) is 0 Å². The summed E-state index contributed by atoms with van der Waals surface area (Å²) in [5, 5.41) is 8.72. The zero-order chi connectivity index (χ0) is 14.4. The Morgan fingerprint density at radius 2 is 1.86 bits per heavy atom. The molecule has 0 saturated heterocycles. The van der Waals surface area contributed by atoms with Crippen LogP contribution in [0.1, 0.15) is 10.4 Å². The number of nitrogens with zero attached hydrogens (tertiary/aromatic N) is 1. The Morgan fingerprint density at radius 1 is 1.10 bits per heavy atom. The third-order valence-corrected chi connectivity index (χ3v) is 4.71. The highest BCUT2D eigenvalue weighted by Gasteiger charge is 2.13. The molecule has 2 aromatic carbocycles. The second-order valence-corrected chi connectivity index (χ2v) is 5.87. The number of hydrogen-bond acceptors (Lipinski definition) is 3. The van der Waals surface area contributed by atoms with Crippen LogP contribution >= 0.6 is 11.3 Å². The van der Waals surface area contributed by atoms with E-state index in [0.29, 0.717) is 5.56 Å². The Labute approximate surface area is 124 Å². The first-order valence-electron chi connectivity index (χ1n) is 6.50. The summed E-state index contributed by atoms with van der Waals surface area (Å²) in [5.41, 5.74) is 8.70. The number of aromatic nitrogens is 2. The van der Waals surface area contributed by atoms with Crippen LogP contribution in [0.3, 0.4) is 0 Å². The molecule has 5 heteroatoms. The minimum absolute atomic E-state index is 0.421. The van der Waals surface area contributed by atoms with Crippen LogP contribution in [0.4, 0.5) is 0 Å². The van der Waals surface area contributed by atoms with E-state index < -0.39 is 5.91 Å². The molecule has 0 spiro atoms. The SMILES string of the molecule is NC(=O)c1ccc(-c2n[nH]c3c2sc2ccccc23)cc1. The van der Waals surface area contributed by atoms with E-state index in [-0.39, 0.29) is 0 Å². The quantitative estimate of drug-likeness (QED) is 0.593. The number of amides is 1. The van der Waals surface area contributed by atoms with Crippen molar-refractivity contribution in [1.82, 2.24) is 10.2 Å². The molecule has 2 aromatic heterocycles. The summed E-state index contributed by atoms with van der Waals surface area (Å²) in [7, 11) is 0. The fourth-order valence-corrected chi connectivity index (χ4v) is 3.64. The van der Waals surface area contributed by atoms with Gasteiger partial charge in [0.15, 0.2) is 0 Å². The van der Waals surface area contributed by atoms with Gasteiger partial charge in [-0.2, -0.15) is 5.10 Å².